The number of benzene rings is 3. The first-order valence-electron chi connectivity index (χ1n) is 12.8. The number of para-hydroxylation sites is 1. The third-order valence-electron chi connectivity index (χ3n) is 7.14. The van der Waals surface area contributed by atoms with Crippen LogP contribution in [0.2, 0.25) is 0 Å². The van der Waals surface area contributed by atoms with Gasteiger partial charge in [-0.3, -0.25) is 20.2 Å². The summed E-state index contributed by atoms with van der Waals surface area (Å²) in [6.07, 6.45) is 3.11. The smallest absolute Gasteiger partial charge is 0.412 e. The number of hydrogen-bond acceptors (Lipinski definition) is 4. The van der Waals surface area contributed by atoms with Crippen LogP contribution < -0.4 is 10.9 Å². The fraction of sp³-hybridized carbons (Fsp3) is 0.233. The van der Waals surface area contributed by atoms with Crippen molar-refractivity contribution < 1.29 is 9.53 Å². The zero-order valence-electron chi connectivity index (χ0n) is 20.4. The number of aromatic nitrogens is 2. The summed E-state index contributed by atoms with van der Waals surface area (Å²) in [6, 6.07) is 25.7. The highest BCUT2D eigenvalue weighted by Crippen LogP contribution is 2.44. The van der Waals surface area contributed by atoms with E-state index in [1.165, 1.54) is 15.8 Å². The maximum Gasteiger partial charge on any atom is 0.412 e. The van der Waals surface area contributed by atoms with Crippen molar-refractivity contribution in [1.29, 1.82) is 0 Å². The van der Waals surface area contributed by atoms with Gasteiger partial charge in [-0.1, -0.05) is 73.2 Å². The molecule has 1 aliphatic carbocycles. The first-order valence-corrected chi connectivity index (χ1v) is 12.8. The van der Waals surface area contributed by atoms with Crippen LogP contribution in [0.4, 0.5) is 10.6 Å². The first kappa shape index (κ1) is 23.0. The molecule has 0 atom stereocenters. The fourth-order valence-electron chi connectivity index (χ4n) is 5.37. The molecule has 0 radical (unpaired) electrons. The van der Waals surface area contributed by atoms with Gasteiger partial charge in [0.2, 0.25) is 0 Å². The lowest BCUT2D eigenvalue weighted by molar-refractivity contribution is 0.158. The van der Waals surface area contributed by atoms with E-state index in [2.05, 4.69) is 39.7 Å². The van der Waals surface area contributed by atoms with Crippen molar-refractivity contribution >= 4 is 17.6 Å². The minimum absolute atomic E-state index is 0.0446. The van der Waals surface area contributed by atoms with Crippen molar-refractivity contribution in [3.8, 4) is 16.8 Å². The zero-order valence-corrected chi connectivity index (χ0v) is 20.4. The lowest BCUT2D eigenvalue weighted by Crippen LogP contribution is -2.22. The van der Waals surface area contributed by atoms with E-state index in [0.29, 0.717) is 30.0 Å². The molecule has 4 aromatic rings. The SMILES string of the molecule is O=C(Nc1[nH]n(-c2ccccc2)c(=O)c1C1=NCCCCC1)OCC1c2ccccc2-c2ccccc21. The average molecular weight is 493 g/mol. The van der Waals surface area contributed by atoms with Crippen molar-refractivity contribution in [3.63, 3.8) is 0 Å². The molecular weight excluding hydrogens is 464 g/mol. The van der Waals surface area contributed by atoms with Gasteiger partial charge >= 0.3 is 6.09 Å². The predicted molar refractivity (Wildman–Crippen MR) is 145 cm³/mol. The minimum Gasteiger partial charge on any atom is -0.448 e. The second-order valence-electron chi connectivity index (χ2n) is 9.43. The summed E-state index contributed by atoms with van der Waals surface area (Å²) in [5.74, 6) is 0.267. The van der Waals surface area contributed by atoms with Crippen molar-refractivity contribution in [2.75, 3.05) is 18.5 Å². The first-order chi connectivity index (χ1) is 18.2. The Kier molecular flexibility index (Phi) is 6.18. The van der Waals surface area contributed by atoms with Gasteiger partial charge in [0.05, 0.1) is 11.4 Å². The van der Waals surface area contributed by atoms with Crippen LogP contribution in [0.1, 0.15) is 48.3 Å². The number of rotatable bonds is 5. The van der Waals surface area contributed by atoms with Gasteiger partial charge in [-0.15, -0.1) is 0 Å². The number of amides is 1. The summed E-state index contributed by atoms with van der Waals surface area (Å²) in [5, 5.41) is 5.90. The number of hydrogen-bond donors (Lipinski definition) is 2. The Morgan fingerprint density at radius 1 is 0.919 bits per heavy atom. The van der Waals surface area contributed by atoms with E-state index in [1.807, 2.05) is 54.6 Å². The van der Waals surface area contributed by atoms with Gasteiger partial charge < -0.3 is 4.74 Å². The third kappa shape index (κ3) is 4.37. The van der Waals surface area contributed by atoms with Crippen LogP contribution in [-0.2, 0) is 4.74 Å². The van der Waals surface area contributed by atoms with E-state index in [1.54, 1.807) is 0 Å². The van der Waals surface area contributed by atoms with Crippen LogP contribution in [-0.4, -0.2) is 34.7 Å². The number of ether oxygens (including phenoxy) is 1. The number of aromatic amines is 1. The molecule has 7 nitrogen and oxygen atoms in total. The molecule has 0 saturated carbocycles. The summed E-state index contributed by atoms with van der Waals surface area (Å²) in [7, 11) is 0. The van der Waals surface area contributed by atoms with Crippen molar-refractivity contribution in [2.45, 2.75) is 31.6 Å². The van der Waals surface area contributed by atoms with Crippen LogP contribution >= 0.6 is 0 Å². The van der Waals surface area contributed by atoms with Crippen molar-refractivity contribution in [2.24, 2.45) is 4.99 Å². The maximum absolute atomic E-state index is 13.5. The monoisotopic (exact) mass is 492 g/mol. The second-order valence-corrected chi connectivity index (χ2v) is 9.43. The topological polar surface area (TPSA) is 88.5 Å². The summed E-state index contributed by atoms with van der Waals surface area (Å²) < 4.78 is 7.19. The number of fused-ring (bicyclic) bond motifs is 3. The molecule has 186 valence electrons. The number of aliphatic imine (C=N–C) groups is 1. The van der Waals surface area contributed by atoms with Gasteiger partial charge in [0, 0.05) is 12.5 Å². The molecule has 0 fully saturated rings. The molecule has 0 spiro atoms. The molecule has 0 unspecified atom stereocenters. The van der Waals surface area contributed by atoms with Crippen LogP contribution in [0.5, 0.6) is 0 Å². The van der Waals surface area contributed by atoms with Crippen molar-refractivity contribution in [3.05, 3.63) is 106 Å². The highest BCUT2D eigenvalue weighted by Gasteiger charge is 2.29. The van der Waals surface area contributed by atoms with Gasteiger partial charge in [0.1, 0.15) is 18.0 Å². The average Bonchev–Trinajstić information content (AvgIpc) is 3.27. The number of carbonyl (C=O) groups is 1. The highest BCUT2D eigenvalue weighted by atomic mass is 16.5. The molecule has 0 saturated heterocycles. The second kappa shape index (κ2) is 9.93. The molecule has 6 rings (SSSR count). The molecule has 2 aliphatic rings. The largest absolute Gasteiger partial charge is 0.448 e. The number of nitrogens with zero attached hydrogens (tertiary/aromatic N) is 2. The highest BCUT2D eigenvalue weighted by molar-refractivity contribution is 6.06. The molecular formula is C30H28N4O3. The van der Waals surface area contributed by atoms with Crippen LogP contribution in [0.3, 0.4) is 0 Å². The quantitative estimate of drug-likeness (QED) is 0.364. The summed E-state index contributed by atoms with van der Waals surface area (Å²) >= 11 is 0. The van der Waals surface area contributed by atoms with Crippen LogP contribution in [0.25, 0.3) is 16.8 Å². The van der Waals surface area contributed by atoms with E-state index in [0.717, 1.165) is 36.1 Å². The number of anilines is 1. The van der Waals surface area contributed by atoms with E-state index in [-0.39, 0.29) is 18.1 Å². The lowest BCUT2D eigenvalue weighted by atomic mass is 9.98. The summed E-state index contributed by atoms with van der Waals surface area (Å²) in [5.41, 5.74) is 6.21. The minimum atomic E-state index is -0.612. The van der Waals surface area contributed by atoms with E-state index in [4.69, 9.17) is 4.74 Å². The molecule has 37 heavy (non-hydrogen) atoms. The lowest BCUT2D eigenvalue weighted by Gasteiger charge is -2.14. The zero-order chi connectivity index (χ0) is 25.2. The van der Waals surface area contributed by atoms with E-state index < -0.39 is 6.09 Å². The van der Waals surface area contributed by atoms with E-state index >= 15 is 0 Å². The Morgan fingerprint density at radius 2 is 1.59 bits per heavy atom. The molecule has 1 aromatic heterocycles. The Bertz CT molecular complexity index is 1490. The van der Waals surface area contributed by atoms with Crippen LogP contribution in [0, 0.1) is 0 Å². The normalized spacial score (nSPS) is 14.9. The Morgan fingerprint density at radius 3 is 2.32 bits per heavy atom. The number of carbonyl (C=O) groups excluding carboxylic acids is 1. The fourth-order valence-corrected chi connectivity index (χ4v) is 5.37. The predicted octanol–water partition coefficient (Wildman–Crippen LogP) is 5.89. The maximum atomic E-state index is 13.5. The number of nitrogens with one attached hydrogen (secondary N) is 2. The number of H-pyrrole nitrogens is 1. The van der Waals surface area contributed by atoms with Gasteiger partial charge in [-0.2, -0.15) is 0 Å². The Hall–Kier alpha value is -4.39. The van der Waals surface area contributed by atoms with Gasteiger partial charge in [-0.25, -0.2) is 9.48 Å². The summed E-state index contributed by atoms with van der Waals surface area (Å²) in [6.45, 7) is 0.870. The molecule has 1 aliphatic heterocycles. The molecule has 2 N–H and O–H groups in total. The van der Waals surface area contributed by atoms with Crippen LogP contribution in [0.15, 0.2) is 88.6 Å². The Labute approximate surface area is 214 Å². The van der Waals surface area contributed by atoms with E-state index in [9.17, 15) is 9.59 Å². The third-order valence-corrected chi connectivity index (χ3v) is 7.14. The van der Waals surface area contributed by atoms with Gasteiger partial charge in [-0.05, 0) is 53.6 Å². The summed E-state index contributed by atoms with van der Waals surface area (Å²) in [4.78, 5) is 31.2. The molecule has 0 bridgehead atoms. The van der Waals surface area contributed by atoms with Gasteiger partial charge in [0.15, 0.2) is 0 Å². The standard InChI is InChI=1S/C30H28N4O3/c35-29-27(26-17-5-2-10-18-31-26)28(33-34(29)20-11-3-1-4-12-20)32-30(36)37-19-25-23-15-8-6-13-21(23)22-14-7-9-16-24(22)25/h1,3-4,6-9,11-16,25,33H,2,5,10,17-19H2,(H,32,36). The van der Waals surface area contributed by atoms with Crippen molar-refractivity contribution in [1.82, 2.24) is 9.78 Å². The van der Waals surface area contributed by atoms with Gasteiger partial charge in [0.25, 0.3) is 5.56 Å². The molecule has 1 amide bonds. The molecule has 7 heteroatoms. The molecule has 2 heterocycles. The Balaban J connectivity index is 1.27. The molecule has 3 aromatic carbocycles.